The topological polar surface area (TPSA) is 193 Å². The van der Waals surface area contributed by atoms with Gasteiger partial charge in [-0.1, -0.05) is 126 Å². The van der Waals surface area contributed by atoms with Crippen molar-refractivity contribution in [3.05, 3.63) is 89.5 Å². The highest BCUT2D eigenvalue weighted by Crippen LogP contribution is 2.39. The molecular weight excluding hydrogens is 1190 g/mol. The van der Waals surface area contributed by atoms with E-state index in [-0.39, 0.29) is 144 Å². The molecule has 0 aliphatic carbocycles. The molecule has 3 aromatic carbocycles. The van der Waals surface area contributed by atoms with Gasteiger partial charge in [-0.05, 0) is 184 Å². The first kappa shape index (κ1) is 68.0. The molecule has 2 bridgehead atoms. The second kappa shape index (κ2) is 30.3. The van der Waals surface area contributed by atoms with Crippen molar-refractivity contribution in [3.63, 3.8) is 0 Å². The van der Waals surface area contributed by atoms with E-state index in [1.165, 1.54) is 43.5 Å². The molecule has 3 fully saturated rings. The highest BCUT2D eigenvalue weighted by Gasteiger charge is 2.44. The van der Waals surface area contributed by atoms with E-state index in [4.69, 9.17) is 87.5 Å². The molecule has 80 heavy (non-hydrogen) atoms. The lowest BCUT2D eigenvalue weighted by molar-refractivity contribution is -0.166. The minimum Gasteiger partial charge on any atom is -0.460 e. The molecule has 3 aliphatic heterocycles. The van der Waals surface area contributed by atoms with Crippen molar-refractivity contribution in [2.24, 2.45) is 10.8 Å². The SMILES string of the molecule is COCOCC12CC(=S)CCN(NS(=O)(=O)c3ccc(C)cc3)CCC(=S)CC(C(=O)OC(C)(C)C)(CC(=S)CCN(NS(=O)(=O)c3ccc(C)cc3)CCC(=S)C1)CC(=S)CCN(NS(=O)(=O)c1ccc(C)cc1)CCC(=S)C2. The smallest absolute Gasteiger partial charge is 0.313 e. The van der Waals surface area contributed by atoms with E-state index in [0.29, 0.717) is 29.2 Å². The van der Waals surface area contributed by atoms with Gasteiger partial charge in [-0.15, -0.1) is 14.5 Å². The Hall–Kier alpha value is -2.80. The second-order valence-electron chi connectivity index (χ2n) is 22.0. The molecule has 0 amide bonds. The zero-order chi connectivity index (χ0) is 59.1. The van der Waals surface area contributed by atoms with Gasteiger partial charge in [0.15, 0.2) is 0 Å². The molecule has 3 aliphatic rings. The maximum absolute atomic E-state index is 15.1. The van der Waals surface area contributed by atoms with Gasteiger partial charge in [-0.2, -0.15) is 0 Å². The van der Waals surface area contributed by atoms with Crippen molar-refractivity contribution in [2.75, 3.05) is 59.8 Å². The predicted octanol–water partition coefficient (Wildman–Crippen LogP) is 9.36. The zero-order valence-electron chi connectivity index (χ0n) is 46.7. The van der Waals surface area contributed by atoms with Gasteiger partial charge in [-0.3, -0.25) is 4.79 Å². The van der Waals surface area contributed by atoms with Gasteiger partial charge in [0.05, 0.1) is 26.7 Å². The van der Waals surface area contributed by atoms with E-state index in [1.54, 1.807) is 72.2 Å². The number of ether oxygens (including phenoxy) is 3. The Kier molecular flexibility index (Phi) is 25.8. The number of hydrogen-bond acceptors (Lipinski definition) is 19. The average molecular weight is 1270 g/mol. The molecule has 3 aromatic rings. The Balaban J connectivity index is 1.69. The molecule has 0 unspecified atom stereocenters. The van der Waals surface area contributed by atoms with Crippen LogP contribution in [0.15, 0.2) is 87.5 Å². The van der Waals surface area contributed by atoms with Gasteiger partial charge in [-0.25, -0.2) is 40.3 Å². The van der Waals surface area contributed by atoms with Crippen molar-refractivity contribution in [2.45, 2.75) is 139 Å². The number of carbonyl (C=O) groups excluding carboxylic acids is 1. The molecule has 0 aromatic heterocycles. The third kappa shape index (κ3) is 22.0. The number of methoxy groups -OCH3 is 1. The molecule has 3 saturated heterocycles. The maximum Gasteiger partial charge on any atom is 0.313 e. The average Bonchev–Trinajstić information content (AvgIpc) is 3.35. The summed E-state index contributed by atoms with van der Waals surface area (Å²) in [5, 5.41) is 4.73. The van der Waals surface area contributed by atoms with Crippen LogP contribution in [0.2, 0.25) is 0 Å². The quantitative estimate of drug-likeness (QED) is 0.0598. The Morgan fingerprint density at radius 1 is 0.487 bits per heavy atom. The normalized spacial score (nSPS) is 21.8. The van der Waals surface area contributed by atoms with E-state index in [9.17, 15) is 25.3 Å². The van der Waals surface area contributed by atoms with Gasteiger partial charge in [0, 0.05) is 51.8 Å². The Bertz CT molecular complexity index is 2750. The van der Waals surface area contributed by atoms with E-state index < -0.39 is 52.5 Å². The minimum absolute atomic E-state index is 0.0610. The number of rotatable bonds is 14. The number of benzene rings is 3. The number of nitrogens with zero attached hydrogens (tertiary/aromatic N) is 3. The summed E-state index contributed by atoms with van der Waals surface area (Å²) >= 11 is 37.3. The highest BCUT2D eigenvalue weighted by atomic mass is 32.2. The summed E-state index contributed by atoms with van der Waals surface area (Å²) < 4.78 is 102. The van der Waals surface area contributed by atoms with Crippen LogP contribution in [0.3, 0.4) is 0 Å². The van der Waals surface area contributed by atoms with Gasteiger partial charge in [0.1, 0.15) is 12.4 Å². The fourth-order valence-electron chi connectivity index (χ4n) is 9.38. The number of hydrazine groups is 3. The Morgan fingerprint density at radius 2 is 0.750 bits per heavy atom. The van der Waals surface area contributed by atoms with Crippen LogP contribution in [0.5, 0.6) is 0 Å². The first-order valence-electron chi connectivity index (χ1n) is 26.3. The number of thiocarbonyl (C=S) groups is 6. The number of carbonyl (C=O) groups is 1. The predicted molar refractivity (Wildman–Crippen MR) is 339 cm³/mol. The van der Waals surface area contributed by atoms with Gasteiger partial charge >= 0.3 is 5.97 Å². The van der Waals surface area contributed by atoms with Crippen LogP contribution in [-0.4, -0.2) is 141 Å². The van der Waals surface area contributed by atoms with Crippen molar-refractivity contribution < 1.29 is 44.3 Å². The molecule has 0 radical (unpaired) electrons. The number of aryl methyl sites for hydroxylation is 3. The van der Waals surface area contributed by atoms with Crippen LogP contribution >= 0.6 is 73.3 Å². The minimum atomic E-state index is -4.11. The number of sulfonamides is 3. The molecular formula is C55H76N6O10S9. The van der Waals surface area contributed by atoms with E-state index >= 15 is 4.79 Å². The summed E-state index contributed by atoms with van der Waals surface area (Å²) in [6, 6.07) is 19.5. The molecule has 25 heteroatoms. The van der Waals surface area contributed by atoms with Crippen LogP contribution in [0.1, 0.15) is 115 Å². The third-order valence-corrected chi connectivity index (χ3v) is 19.7. The van der Waals surface area contributed by atoms with Gasteiger partial charge in [0.25, 0.3) is 30.1 Å². The van der Waals surface area contributed by atoms with Crippen LogP contribution in [0.4, 0.5) is 0 Å². The van der Waals surface area contributed by atoms with Crippen LogP contribution in [0, 0.1) is 31.6 Å². The molecule has 16 nitrogen and oxygen atoms in total. The van der Waals surface area contributed by atoms with E-state index in [1.807, 2.05) is 20.8 Å². The largest absolute Gasteiger partial charge is 0.460 e. The second-order valence-corrected chi connectivity index (χ2v) is 30.5. The van der Waals surface area contributed by atoms with Gasteiger partial charge < -0.3 is 14.2 Å². The standard InChI is InChI=1S/C55H76N6O10S9/c1-40-8-14-49(15-9-40)78(63,64)56-59-26-20-43(72)32-54(38-70-39-69-7)33-44(73)21-27-60(57-79(65,66)50-16-10-41(2)11-17-50)30-24-47(76)36-55(35-46(75)23-29-59,52(62)71-53(4,5)6)37-48(77)25-31-61(28-22-45(74)34-54)58-80(67,68)51-18-12-42(3)13-19-51/h8-19,56-58H,20-39H2,1-7H3. The number of fused-ring (bicyclic) bond motifs is 24. The summed E-state index contributed by atoms with van der Waals surface area (Å²) in [4.78, 5) is 26.6. The van der Waals surface area contributed by atoms with Crippen LogP contribution in [-0.2, 0) is 49.1 Å². The summed E-state index contributed by atoms with van der Waals surface area (Å²) in [5.41, 5.74) is -0.725. The van der Waals surface area contributed by atoms with Gasteiger partial charge in [0.2, 0.25) is 0 Å². The maximum atomic E-state index is 15.1. The number of hydrogen-bond donors (Lipinski definition) is 3. The third-order valence-electron chi connectivity index (χ3n) is 13.5. The Morgan fingerprint density at radius 3 is 1.00 bits per heavy atom. The zero-order valence-corrected chi connectivity index (χ0v) is 54.0. The first-order chi connectivity index (χ1) is 37.4. The lowest BCUT2D eigenvalue weighted by Gasteiger charge is -2.37. The molecule has 3 heterocycles. The lowest BCUT2D eigenvalue weighted by Crippen LogP contribution is -2.47. The van der Waals surface area contributed by atoms with Crippen LogP contribution in [0.25, 0.3) is 0 Å². The molecule has 0 saturated carbocycles. The van der Waals surface area contributed by atoms with Crippen molar-refractivity contribution in [1.29, 1.82) is 0 Å². The summed E-state index contributed by atoms with van der Waals surface area (Å²) in [6.07, 6.45) is 1.56. The monoisotopic (exact) mass is 1270 g/mol. The number of nitrogens with one attached hydrogen (secondary N) is 3. The summed E-state index contributed by atoms with van der Waals surface area (Å²) in [7, 11) is -10.8. The fourth-order valence-corrected chi connectivity index (χ4v) is 15.0. The Labute approximate surface area is 507 Å². The number of esters is 1. The van der Waals surface area contributed by atoms with E-state index in [0.717, 1.165) is 16.7 Å². The van der Waals surface area contributed by atoms with Crippen molar-refractivity contribution in [1.82, 2.24) is 29.5 Å². The van der Waals surface area contributed by atoms with Crippen molar-refractivity contribution >= 4 is 139 Å². The van der Waals surface area contributed by atoms with Crippen molar-refractivity contribution in [3.8, 4) is 0 Å². The summed E-state index contributed by atoms with van der Waals surface area (Å²) in [6.45, 7) is 11.4. The van der Waals surface area contributed by atoms with Crippen LogP contribution < -0.4 is 14.5 Å². The highest BCUT2D eigenvalue weighted by molar-refractivity contribution is 7.90. The lowest BCUT2D eigenvalue weighted by atomic mass is 9.73. The molecule has 0 atom stereocenters. The van der Waals surface area contributed by atoms with E-state index in [2.05, 4.69) is 14.5 Å². The molecule has 6 rings (SSSR count). The molecule has 3 N–H and O–H groups in total. The fraction of sp³-hybridized carbons (Fsp3) is 0.545. The molecule has 0 spiro atoms. The first-order valence-corrected chi connectivity index (χ1v) is 33.2. The summed E-state index contributed by atoms with van der Waals surface area (Å²) in [5.74, 6) is -0.619. The molecule has 440 valence electrons.